The van der Waals surface area contributed by atoms with E-state index in [0.29, 0.717) is 11.5 Å². The second kappa shape index (κ2) is 4.02. The molecular weight excluding hydrogens is 256 g/mol. The second-order valence-electron chi connectivity index (χ2n) is 3.20. The van der Waals surface area contributed by atoms with Crippen molar-refractivity contribution in [3.63, 3.8) is 0 Å². The highest BCUT2D eigenvalue weighted by Gasteiger charge is 2.06. The Hall–Kier alpha value is -1.36. The van der Waals surface area contributed by atoms with Crippen LogP contribution in [0.3, 0.4) is 0 Å². The number of halogens is 1. The van der Waals surface area contributed by atoms with Crippen LogP contribution in [0.25, 0.3) is 11.4 Å². The second-order valence-corrected chi connectivity index (χ2v) is 4.05. The zero-order valence-electron chi connectivity index (χ0n) is 8.29. The molecule has 0 aliphatic rings. The molecule has 0 fully saturated rings. The summed E-state index contributed by atoms with van der Waals surface area (Å²) in [5.41, 5.74) is 7.40. The van der Waals surface area contributed by atoms with Crippen LogP contribution in [-0.4, -0.2) is 15.2 Å². The van der Waals surface area contributed by atoms with E-state index in [0.717, 1.165) is 22.3 Å². The van der Waals surface area contributed by atoms with Gasteiger partial charge in [0.2, 0.25) is 0 Å². The van der Waals surface area contributed by atoms with Gasteiger partial charge in [-0.05, 0) is 34.1 Å². The van der Waals surface area contributed by atoms with Crippen molar-refractivity contribution in [2.75, 3.05) is 5.73 Å². The first kappa shape index (κ1) is 10.2. The fourth-order valence-corrected chi connectivity index (χ4v) is 1.51. The number of aryl methyl sites for hydroxylation is 1. The summed E-state index contributed by atoms with van der Waals surface area (Å²) in [5, 5.41) is 7.00. The van der Waals surface area contributed by atoms with Crippen molar-refractivity contribution in [3.8, 4) is 11.4 Å². The largest absolute Gasteiger partial charge is 0.398 e. The van der Waals surface area contributed by atoms with Gasteiger partial charge in [0.25, 0.3) is 0 Å². The number of rotatable bonds is 2. The van der Waals surface area contributed by atoms with Gasteiger partial charge in [-0.15, -0.1) is 0 Å². The average molecular weight is 267 g/mol. The topological polar surface area (TPSA) is 67.6 Å². The van der Waals surface area contributed by atoms with Crippen molar-refractivity contribution >= 4 is 21.6 Å². The van der Waals surface area contributed by atoms with E-state index in [1.807, 2.05) is 25.1 Å². The molecule has 0 atom stereocenters. The van der Waals surface area contributed by atoms with E-state index in [4.69, 9.17) is 5.73 Å². The summed E-state index contributed by atoms with van der Waals surface area (Å²) >= 11 is 3.35. The van der Waals surface area contributed by atoms with Gasteiger partial charge in [0.1, 0.15) is 5.82 Å². The molecule has 0 saturated heterocycles. The van der Waals surface area contributed by atoms with Crippen molar-refractivity contribution in [2.45, 2.75) is 13.3 Å². The van der Waals surface area contributed by atoms with Crippen LogP contribution in [-0.2, 0) is 6.42 Å². The monoisotopic (exact) mass is 266 g/mol. The Balaban J connectivity index is 2.40. The maximum absolute atomic E-state index is 5.78. The number of anilines is 1. The fraction of sp³-hybridized carbons (Fsp3) is 0.200. The summed E-state index contributed by atoms with van der Waals surface area (Å²) in [6.07, 6.45) is 0.846. The van der Waals surface area contributed by atoms with Crippen molar-refractivity contribution in [1.29, 1.82) is 0 Å². The lowest BCUT2D eigenvalue weighted by molar-refractivity contribution is 0.946. The smallest absolute Gasteiger partial charge is 0.181 e. The van der Waals surface area contributed by atoms with Crippen LogP contribution in [0.4, 0.5) is 5.69 Å². The zero-order valence-corrected chi connectivity index (χ0v) is 9.87. The summed E-state index contributed by atoms with van der Waals surface area (Å²) < 4.78 is 0.887. The van der Waals surface area contributed by atoms with Gasteiger partial charge in [0.05, 0.1) is 0 Å². The Morgan fingerprint density at radius 3 is 2.87 bits per heavy atom. The Kier molecular flexibility index (Phi) is 2.73. The molecule has 5 heteroatoms. The molecular formula is C10H11BrN4. The highest BCUT2D eigenvalue weighted by molar-refractivity contribution is 9.10. The van der Waals surface area contributed by atoms with Crippen molar-refractivity contribution in [1.82, 2.24) is 15.2 Å². The summed E-state index contributed by atoms with van der Waals surface area (Å²) in [6.45, 7) is 2.03. The van der Waals surface area contributed by atoms with Gasteiger partial charge in [-0.2, -0.15) is 5.10 Å². The number of nitrogens with zero attached hydrogens (tertiary/aromatic N) is 2. The number of aromatic amines is 1. The van der Waals surface area contributed by atoms with Crippen LogP contribution < -0.4 is 5.73 Å². The minimum atomic E-state index is 0.686. The van der Waals surface area contributed by atoms with Gasteiger partial charge in [-0.3, -0.25) is 5.10 Å². The van der Waals surface area contributed by atoms with E-state index < -0.39 is 0 Å². The first-order valence-corrected chi connectivity index (χ1v) is 5.46. The molecule has 0 saturated carbocycles. The predicted octanol–water partition coefficient (Wildman–Crippen LogP) is 2.38. The summed E-state index contributed by atoms with van der Waals surface area (Å²) in [4.78, 5) is 4.33. The lowest BCUT2D eigenvalue weighted by Gasteiger charge is -1.99. The molecule has 1 aromatic heterocycles. The molecule has 0 amide bonds. The van der Waals surface area contributed by atoms with Gasteiger partial charge in [-0.25, -0.2) is 4.98 Å². The predicted molar refractivity (Wildman–Crippen MR) is 63.3 cm³/mol. The Morgan fingerprint density at radius 1 is 1.47 bits per heavy atom. The highest BCUT2D eigenvalue weighted by atomic mass is 79.9. The van der Waals surface area contributed by atoms with Crippen LogP contribution >= 0.6 is 15.9 Å². The van der Waals surface area contributed by atoms with Gasteiger partial charge < -0.3 is 5.73 Å². The molecule has 2 rings (SSSR count). The highest BCUT2D eigenvalue weighted by Crippen LogP contribution is 2.24. The van der Waals surface area contributed by atoms with Gasteiger partial charge in [0, 0.05) is 22.1 Å². The van der Waals surface area contributed by atoms with Gasteiger partial charge >= 0.3 is 0 Å². The number of nitrogens with two attached hydrogens (primary N) is 1. The third-order valence-electron chi connectivity index (χ3n) is 2.12. The van der Waals surface area contributed by atoms with Crippen molar-refractivity contribution in [3.05, 3.63) is 28.5 Å². The SMILES string of the molecule is CCc1nc(-c2ccc(Br)c(N)c2)n[nH]1. The molecule has 1 aromatic carbocycles. The van der Waals surface area contributed by atoms with Gasteiger partial charge in [-0.1, -0.05) is 6.92 Å². The normalized spacial score (nSPS) is 10.5. The third-order valence-corrected chi connectivity index (χ3v) is 2.84. The Morgan fingerprint density at radius 2 is 2.27 bits per heavy atom. The van der Waals surface area contributed by atoms with E-state index in [-0.39, 0.29) is 0 Å². The molecule has 0 radical (unpaired) electrons. The lowest BCUT2D eigenvalue weighted by Crippen LogP contribution is -1.88. The molecule has 78 valence electrons. The molecule has 0 aliphatic carbocycles. The molecule has 2 aromatic rings. The molecule has 4 nitrogen and oxygen atoms in total. The Labute approximate surface area is 96.0 Å². The van der Waals surface area contributed by atoms with E-state index in [1.165, 1.54) is 0 Å². The first-order chi connectivity index (χ1) is 7.20. The summed E-state index contributed by atoms with van der Waals surface area (Å²) in [6, 6.07) is 5.68. The fourth-order valence-electron chi connectivity index (χ4n) is 1.27. The zero-order chi connectivity index (χ0) is 10.8. The van der Waals surface area contributed by atoms with Crippen LogP contribution in [0.1, 0.15) is 12.7 Å². The lowest BCUT2D eigenvalue weighted by atomic mass is 10.2. The van der Waals surface area contributed by atoms with Crippen LogP contribution in [0.15, 0.2) is 22.7 Å². The first-order valence-electron chi connectivity index (χ1n) is 4.67. The third kappa shape index (κ3) is 2.02. The number of nitrogen functional groups attached to an aromatic ring is 1. The maximum Gasteiger partial charge on any atom is 0.181 e. The van der Waals surface area contributed by atoms with Crippen molar-refractivity contribution < 1.29 is 0 Å². The standard InChI is InChI=1S/C10H11BrN4/c1-2-9-13-10(15-14-9)6-3-4-7(11)8(12)5-6/h3-5H,2,12H2,1H3,(H,13,14,15). The molecule has 0 unspecified atom stereocenters. The molecule has 0 aliphatic heterocycles. The number of nitrogens with one attached hydrogen (secondary N) is 1. The number of H-pyrrole nitrogens is 1. The maximum atomic E-state index is 5.78. The minimum Gasteiger partial charge on any atom is -0.398 e. The van der Waals surface area contributed by atoms with Crippen molar-refractivity contribution in [2.24, 2.45) is 0 Å². The quantitative estimate of drug-likeness (QED) is 0.821. The van der Waals surface area contributed by atoms with E-state index in [1.54, 1.807) is 0 Å². The van der Waals surface area contributed by atoms with Crippen LogP contribution in [0.5, 0.6) is 0 Å². The summed E-state index contributed by atoms with van der Waals surface area (Å²) in [5.74, 6) is 1.57. The molecule has 0 bridgehead atoms. The number of hydrogen-bond donors (Lipinski definition) is 2. The van der Waals surface area contributed by atoms with E-state index in [9.17, 15) is 0 Å². The Bertz CT molecular complexity index is 478. The minimum absolute atomic E-state index is 0.686. The number of benzene rings is 1. The number of aromatic nitrogens is 3. The van der Waals surface area contributed by atoms with Crippen LogP contribution in [0.2, 0.25) is 0 Å². The molecule has 1 heterocycles. The number of hydrogen-bond acceptors (Lipinski definition) is 3. The van der Waals surface area contributed by atoms with E-state index in [2.05, 4.69) is 31.1 Å². The summed E-state index contributed by atoms with van der Waals surface area (Å²) in [7, 11) is 0. The molecule has 0 spiro atoms. The van der Waals surface area contributed by atoms with Crippen LogP contribution in [0, 0.1) is 0 Å². The molecule has 15 heavy (non-hydrogen) atoms. The van der Waals surface area contributed by atoms with E-state index >= 15 is 0 Å². The average Bonchev–Trinajstić information content (AvgIpc) is 2.70. The van der Waals surface area contributed by atoms with Gasteiger partial charge in [0.15, 0.2) is 5.82 Å². The molecule has 3 N–H and O–H groups in total.